The van der Waals surface area contributed by atoms with Crippen LogP contribution >= 0.6 is 0 Å². The van der Waals surface area contributed by atoms with Crippen LogP contribution in [0, 0.1) is 0 Å². The molecule has 0 saturated heterocycles. The second-order valence-corrected chi connectivity index (χ2v) is 6.06. The summed E-state index contributed by atoms with van der Waals surface area (Å²) < 4.78 is 11.8. The Balaban J connectivity index is 0.00000176. The summed E-state index contributed by atoms with van der Waals surface area (Å²) in [5, 5.41) is 0. The molecule has 1 aliphatic rings. The van der Waals surface area contributed by atoms with Gasteiger partial charge in [-0.25, -0.2) is 0 Å². The molecule has 0 fully saturated rings. The van der Waals surface area contributed by atoms with Gasteiger partial charge in [-0.05, 0) is 12.1 Å². The predicted octanol–water partition coefficient (Wildman–Crippen LogP) is 0.368. The molecule has 1 heterocycles. The minimum Gasteiger partial charge on any atom is -1.00 e. The van der Waals surface area contributed by atoms with Crippen molar-refractivity contribution in [3.05, 3.63) is 59.2 Å². The van der Waals surface area contributed by atoms with Gasteiger partial charge in [0.15, 0.2) is 11.5 Å². The topological polar surface area (TPSA) is 18.5 Å². The number of rotatable bonds is 4. The van der Waals surface area contributed by atoms with Crippen LogP contribution in [-0.4, -0.2) is 25.8 Å². The standard InChI is InChI=1S/C18H22NO2.HI/c1-19(11-14-7-5-4-6-8-14)12-15-9-17(20-2)18(21-3)10-16(15)13-19;/h4-10H,11-13H2,1-3H3;1H/q+1;/p-1. The zero-order chi connectivity index (χ0) is 14.9. The van der Waals surface area contributed by atoms with Crippen molar-refractivity contribution in [3.63, 3.8) is 0 Å². The fourth-order valence-corrected chi connectivity index (χ4v) is 3.27. The van der Waals surface area contributed by atoms with Crippen molar-refractivity contribution >= 4 is 0 Å². The van der Waals surface area contributed by atoms with Gasteiger partial charge in [0.05, 0.1) is 21.3 Å². The number of fused-ring (bicyclic) bond motifs is 1. The minimum atomic E-state index is 0. The highest BCUT2D eigenvalue weighted by Crippen LogP contribution is 2.38. The molecule has 0 unspecified atom stereocenters. The van der Waals surface area contributed by atoms with Gasteiger partial charge in [0.1, 0.15) is 19.6 Å². The predicted molar refractivity (Wildman–Crippen MR) is 83.3 cm³/mol. The van der Waals surface area contributed by atoms with Crippen LogP contribution in [0.25, 0.3) is 0 Å². The number of quaternary nitrogens is 1. The molecule has 3 nitrogen and oxygen atoms in total. The van der Waals surface area contributed by atoms with Crippen molar-refractivity contribution in [2.75, 3.05) is 21.3 Å². The van der Waals surface area contributed by atoms with Crippen molar-refractivity contribution in [2.45, 2.75) is 19.6 Å². The lowest BCUT2D eigenvalue weighted by molar-refractivity contribution is -0.941. The van der Waals surface area contributed by atoms with Gasteiger partial charge >= 0.3 is 0 Å². The third-order valence-corrected chi connectivity index (χ3v) is 4.22. The average Bonchev–Trinajstić information content (AvgIpc) is 2.81. The first-order chi connectivity index (χ1) is 10.1. The summed E-state index contributed by atoms with van der Waals surface area (Å²) in [5.74, 6) is 1.65. The maximum absolute atomic E-state index is 5.42. The SMILES string of the molecule is COc1cc2c(cc1OC)C[N+](C)(Cc1ccccc1)C2.[I-]. The van der Waals surface area contributed by atoms with E-state index in [-0.39, 0.29) is 24.0 Å². The molecule has 0 atom stereocenters. The zero-order valence-electron chi connectivity index (χ0n) is 13.3. The number of ether oxygens (including phenoxy) is 2. The maximum atomic E-state index is 5.42. The molecule has 0 bridgehead atoms. The van der Waals surface area contributed by atoms with Crippen LogP contribution < -0.4 is 33.5 Å². The smallest absolute Gasteiger partial charge is 0.161 e. The summed E-state index contributed by atoms with van der Waals surface area (Å²) in [6.07, 6.45) is 0. The molecule has 0 radical (unpaired) electrons. The van der Waals surface area contributed by atoms with Gasteiger partial charge in [-0.3, -0.25) is 0 Å². The highest BCUT2D eigenvalue weighted by atomic mass is 127. The first-order valence-corrected chi connectivity index (χ1v) is 7.25. The van der Waals surface area contributed by atoms with E-state index in [2.05, 4.69) is 49.5 Å². The quantitative estimate of drug-likeness (QED) is 0.535. The van der Waals surface area contributed by atoms with Crippen LogP contribution in [0.15, 0.2) is 42.5 Å². The molecule has 2 aromatic rings. The van der Waals surface area contributed by atoms with Gasteiger partial charge in [0.2, 0.25) is 0 Å². The second-order valence-electron chi connectivity index (χ2n) is 6.06. The molecule has 2 aromatic carbocycles. The van der Waals surface area contributed by atoms with Crippen molar-refractivity contribution in [1.82, 2.24) is 0 Å². The van der Waals surface area contributed by atoms with Gasteiger partial charge in [0, 0.05) is 16.7 Å². The van der Waals surface area contributed by atoms with Gasteiger partial charge in [-0.15, -0.1) is 0 Å². The van der Waals surface area contributed by atoms with E-state index in [1.807, 2.05) is 0 Å². The van der Waals surface area contributed by atoms with Crippen molar-refractivity contribution in [1.29, 1.82) is 0 Å². The van der Waals surface area contributed by atoms with Gasteiger partial charge < -0.3 is 37.9 Å². The first kappa shape index (κ1) is 17.1. The fourth-order valence-electron chi connectivity index (χ4n) is 3.27. The van der Waals surface area contributed by atoms with E-state index in [0.29, 0.717) is 0 Å². The van der Waals surface area contributed by atoms with Crippen LogP contribution in [0.1, 0.15) is 16.7 Å². The van der Waals surface area contributed by atoms with Crippen LogP contribution in [0.5, 0.6) is 11.5 Å². The number of halogens is 1. The maximum Gasteiger partial charge on any atom is 0.161 e. The Morgan fingerprint density at radius 3 is 1.86 bits per heavy atom. The molecule has 118 valence electrons. The third kappa shape index (κ3) is 3.38. The Bertz CT molecular complexity index is 610. The second kappa shape index (κ2) is 6.87. The third-order valence-electron chi connectivity index (χ3n) is 4.22. The highest BCUT2D eigenvalue weighted by molar-refractivity contribution is 5.48. The van der Waals surface area contributed by atoms with E-state index in [0.717, 1.165) is 35.6 Å². The Labute approximate surface area is 149 Å². The lowest BCUT2D eigenvalue weighted by Crippen LogP contribution is -3.00. The van der Waals surface area contributed by atoms with E-state index in [9.17, 15) is 0 Å². The summed E-state index contributed by atoms with van der Waals surface area (Å²) in [4.78, 5) is 0. The van der Waals surface area contributed by atoms with Crippen LogP contribution in [0.2, 0.25) is 0 Å². The largest absolute Gasteiger partial charge is 1.00 e. The molecular formula is C18H22INO2. The molecular weight excluding hydrogens is 389 g/mol. The molecule has 0 amide bonds. The van der Waals surface area contributed by atoms with E-state index in [1.165, 1.54) is 16.7 Å². The summed E-state index contributed by atoms with van der Waals surface area (Å²) in [7, 11) is 5.69. The molecule has 22 heavy (non-hydrogen) atoms. The average molecular weight is 411 g/mol. The summed E-state index contributed by atoms with van der Waals surface area (Å²) >= 11 is 0. The molecule has 0 aromatic heterocycles. The number of hydrogen-bond donors (Lipinski definition) is 0. The summed E-state index contributed by atoms with van der Waals surface area (Å²) in [5.41, 5.74) is 4.11. The zero-order valence-corrected chi connectivity index (χ0v) is 15.5. The molecule has 0 spiro atoms. The molecule has 0 aliphatic carbocycles. The molecule has 0 saturated carbocycles. The van der Waals surface area contributed by atoms with Crippen LogP contribution in [-0.2, 0) is 19.6 Å². The number of hydrogen-bond acceptors (Lipinski definition) is 2. The number of benzene rings is 2. The first-order valence-electron chi connectivity index (χ1n) is 7.25. The lowest BCUT2D eigenvalue weighted by Gasteiger charge is -2.29. The Morgan fingerprint density at radius 2 is 1.41 bits per heavy atom. The van der Waals surface area contributed by atoms with Gasteiger partial charge in [0.25, 0.3) is 0 Å². The van der Waals surface area contributed by atoms with Crippen LogP contribution in [0.3, 0.4) is 0 Å². The Hall–Kier alpha value is -1.27. The lowest BCUT2D eigenvalue weighted by atomic mass is 10.1. The molecule has 0 N–H and O–H groups in total. The van der Waals surface area contributed by atoms with Gasteiger partial charge in [-0.1, -0.05) is 30.3 Å². The van der Waals surface area contributed by atoms with E-state index >= 15 is 0 Å². The van der Waals surface area contributed by atoms with Gasteiger partial charge in [-0.2, -0.15) is 0 Å². The summed E-state index contributed by atoms with van der Waals surface area (Å²) in [6.45, 7) is 3.11. The van der Waals surface area contributed by atoms with E-state index in [1.54, 1.807) is 14.2 Å². The Kier molecular flexibility index (Phi) is 5.34. The number of methoxy groups -OCH3 is 2. The van der Waals surface area contributed by atoms with Crippen molar-refractivity contribution in [3.8, 4) is 11.5 Å². The van der Waals surface area contributed by atoms with Crippen LogP contribution in [0.4, 0.5) is 0 Å². The minimum absolute atomic E-state index is 0. The van der Waals surface area contributed by atoms with E-state index < -0.39 is 0 Å². The number of nitrogens with zero attached hydrogens (tertiary/aromatic N) is 1. The van der Waals surface area contributed by atoms with Crippen molar-refractivity contribution in [2.24, 2.45) is 0 Å². The van der Waals surface area contributed by atoms with Crippen molar-refractivity contribution < 1.29 is 37.9 Å². The molecule has 3 rings (SSSR count). The molecule has 1 aliphatic heterocycles. The van der Waals surface area contributed by atoms with E-state index in [4.69, 9.17) is 9.47 Å². The molecule has 4 heteroatoms. The fraction of sp³-hybridized carbons (Fsp3) is 0.333. The highest BCUT2D eigenvalue weighted by Gasteiger charge is 2.33. The Morgan fingerprint density at radius 1 is 0.909 bits per heavy atom. The summed E-state index contributed by atoms with van der Waals surface area (Å²) in [6, 6.07) is 14.9. The monoisotopic (exact) mass is 411 g/mol. The normalized spacial score (nSPS) is 14.9.